The average Bonchev–Trinajstić information content (AvgIpc) is 3.05. The highest BCUT2D eigenvalue weighted by Gasteiger charge is 2.14. The number of benzene rings is 1. The van der Waals surface area contributed by atoms with Crippen LogP contribution in [0.3, 0.4) is 0 Å². The van der Waals surface area contributed by atoms with E-state index >= 15 is 0 Å². The van der Waals surface area contributed by atoms with Gasteiger partial charge in [0.15, 0.2) is 0 Å². The summed E-state index contributed by atoms with van der Waals surface area (Å²) in [5.41, 5.74) is 1.96. The standard InChI is InChI=1S/C13H11ClN4OS/c1-7(11-4-5-12(14)20-11)15-13(19)8-2-3-9-10(6-8)17-18-16-9/h2-7H,1H3,(H,15,19)(H,16,17,18). The minimum absolute atomic E-state index is 0.0898. The highest BCUT2D eigenvalue weighted by molar-refractivity contribution is 7.16. The maximum atomic E-state index is 12.2. The van der Waals surface area contributed by atoms with Crippen LogP contribution in [0.4, 0.5) is 0 Å². The highest BCUT2D eigenvalue weighted by Crippen LogP contribution is 2.26. The predicted octanol–water partition coefficient (Wildman–Crippen LogP) is 3.16. The van der Waals surface area contributed by atoms with Crippen molar-refractivity contribution in [1.29, 1.82) is 0 Å². The third kappa shape index (κ3) is 2.52. The molecule has 7 heteroatoms. The van der Waals surface area contributed by atoms with Crippen LogP contribution < -0.4 is 5.32 Å². The van der Waals surface area contributed by atoms with Crippen molar-refractivity contribution in [3.05, 3.63) is 45.1 Å². The van der Waals surface area contributed by atoms with Gasteiger partial charge in [-0.3, -0.25) is 4.79 Å². The van der Waals surface area contributed by atoms with E-state index in [1.165, 1.54) is 11.3 Å². The molecule has 0 aliphatic heterocycles. The molecule has 0 bridgehead atoms. The van der Waals surface area contributed by atoms with Crippen molar-refractivity contribution in [2.45, 2.75) is 13.0 Å². The lowest BCUT2D eigenvalue weighted by Gasteiger charge is -2.12. The van der Waals surface area contributed by atoms with Gasteiger partial charge in [0.25, 0.3) is 5.91 Å². The fourth-order valence-electron chi connectivity index (χ4n) is 1.89. The normalized spacial score (nSPS) is 12.5. The molecule has 5 nitrogen and oxygen atoms in total. The highest BCUT2D eigenvalue weighted by atomic mass is 35.5. The number of carbonyl (C=O) groups is 1. The number of nitrogens with one attached hydrogen (secondary N) is 2. The monoisotopic (exact) mass is 306 g/mol. The Balaban J connectivity index is 1.78. The van der Waals surface area contributed by atoms with E-state index in [2.05, 4.69) is 20.7 Å². The Bertz CT molecular complexity index is 766. The Morgan fingerprint density at radius 1 is 1.30 bits per heavy atom. The molecule has 2 aromatic heterocycles. The molecule has 3 rings (SSSR count). The maximum Gasteiger partial charge on any atom is 0.251 e. The van der Waals surface area contributed by atoms with Crippen LogP contribution in [0.5, 0.6) is 0 Å². The molecule has 3 aromatic rings. The fourth-order valence-corrected chi connectivity index (χ4v) is 2.96. The smallest absolute Gasteiger partial charge is 0.251 e. The van der Waals surface area contributed by atoms with Gasteiger partial charge in [-0.15, -0.1) is 11.3 Å². The van der Waals surface area contributed by atoms with E-state index in [9.17, 15) is 4.79 Å². The molecule has 1 unspecified atom stereocenters. The van der Waals surface area contributed by atoms with Crippen molar-refractivity contribution >= 4 is 39.9 Å². The summed E-state index contributed by atoms with van der Waals surface area (Å²) in [6.45, 7) is 1.93. The number of nitrogens with zero attached hydrogens (tertiary/aromatic N) is 2. The second kappa shape index (κ2) is 5.22. The Hall–Kier alpha value is -1.92. The molecule has 0 radical (unpaired) electrons. The summed E-state index contributed by atoms with van der Waals surface area (Å²) in [6.07, 6.45) is 0. The van der Waals surface area contributed by atoms with Crippen molar-refractivity contribution in [3.8, 4) is 0 Å². The molecule has 2 N–H and O–H groups in total. The number of hydrogen-bond acceptors (Lipinski definition) is 4. The van der Waals surface area contributed by atoms with E-state index in [4.69, 9.17) is 11.6 Å². The quantitative estimate of drug-likeness (QED) is 0.781. The molecule has 0 saturated carbocycles. The van der Waals surface area contributed by atoms with Gasteiger partial charge in [0.05, 0.1) is 10.4 Å². The molecular formula is C13H11ClN4OS. The van der Waals surface area contributed by atoms with Gasteiger partial charge in [0, 0.05) is 10.4 Å². The Morgan fingerprint density at radius 3 is 2.85 bits per heavy atom. The topological polar surface area (TPSA) is 70.7 Å². The number of aromatic nitrogens is 3. The first-order chi connectivity index (χ1) is 9.63. The Morgan fingerprint density at radius 2 is 2.10 bits per heavy atom. The third-order valence-electron chi connectivity index (χ3n) is 2.95. The lowest BCUT2D eigenvalue weighted by Crippen LogP contribution is -2.26. The lowest BCUT2D eigenvalue weighted by molar-refractivity contribution is 0.0940. The van der Waals surface area contributed by atoms with Gasteiger partial charge in [-0.1, -0.05) is 11.6 Å². The number of fused-ring (bicyclic) bond motifs is 1. The number of carbonyl (C=O) groups excluding carboxylic acids is 1. The summed E-state index contributed by atoms with van der Waals surface area (Å²) in [7, 11) is 0. The molecule has 0 spiro atoms. The van der Waals surface area contributed by atoms with Gasteiger partial charge in [0.2, 0.25) is 0 Å². The molecule has 1 atom stereocenters. The zero-order valence-corrected chi connectivity index (χ0v) is 12.1. The van der Waals surface area contributed by atoms with Crippen LogP contribution in [-0.4, -0.2) is 21.3 Å². The van der Waals surface area contributed by atoms with E-state index in [0.29, 0.717) is 15.4 Å². The van der Waals surface area contributed by atoms with Gasteiger partial charge >= 0.3 is 0 Å². The lowest BCUT2D eigenvalue weighted by atomic mass is 10.1. The number of hydrogen-bond donors (Lipinski definition) is 2. The molecule has 1 aromatic carbocycles. The molecule has 0 fully saturated rings. The molecule has 0 aliphatic rings. The second-order valence-electron chi connectivity index (χ2n) is 4.36. The summed E-state index contributed by atoms with van der Waals surface area (Å²) in [5, 5.41) is 13.4. The summed E-state index contributed by atoms with van der Waals surface area (Å²) in [5.74, 6) is -0.146. The van der Waals surface area contributed by atoms with Crippen LogP contribution in [0.1, 0.15) is 28.2 Å². The molecule has 2 heterocycles. The molecule has 102 valence electrons. The van der Waals surface area contributed by atoms with E-state index < -0.39 is 0 Å². The summed E-state index contributed by atoms with van der Waals surface area (Å²) >= 11 is 7.36. The van der Waals surface area contributed by atoms with Crippen LogP contribution in [0.2, 0.25) is 4.34 Å². The molecule has 0 saturated heterocycles. The van der Waals surface area contributed by atoms with Gasteiger partial charge in [-0.05, 0) is 37.3 Å². The van der Waals surface area contributed by atoms with Crippen molar-refractivity contribution in [3.63, 3.8) is 0 Å². The molecule has 20 heavy (non-hydrogen) atoms. The first kappa shape index (κ1) is 13.1. The Labute approximate surface area is 124 Å². The predicted molar refractivity (Wildman–Crippen MR) is 79.1 cm³/mol. The first-order valence-electron chi connectivity index (χ1n) is 6.00. The number of halogens is 1. The minimum atomic E-state index is -0.146. The zero-order chi connectivity index (χ0) is 14.1. The first-order valence-corrected chi connectivity index (χ1v) is 7.19. The van der Waals surface area contributed by atoms with Crippen LogP contribution >= 0.6 is 22.9 Å². The van der Waals surface area contributed by atoms with Crippen molar-refractivity contribution in [2.24, 2.45) is 0 Å². The Kier molecular flexibility index (Phi) is 3.42. The van der Waals surface area contributed by atoms with Crippen LogP contribution in [0, 0.1) is 0 Å². The minimum Gasteiger partial charge on any atom is -0.345 e. The largest absolute Gasteiger partial charge is 0.345 e. The van der Waals surface area contributed by atoms with Crippen LogP contribution in [0.15, 0.2) is 30.3 Å². The second-order valence-corrected chi connectivity index (χ2v) is 6.11. The van der Waals surface area contributed by atoms with Crippen LogP contribution in [-0.2, 0) is 0 Å². The fraction of sp³-hybridized carbons (Fsp3) is 0.154. The van der Waals surface area contributed by atoms with Crippen molar-refractivity contribution < 1.29 is 4.79 Å². The maximum absolute atomic E-state index is 12.2. The van der Waals surface area contributed by atoms with Crippen molar-refractivity contribution in [2.75, 3.05) is 0 Å². The van der Waals surface area contributed by atoms with E-state index in [0.717, 1.165) is 10.4 Å². The van der Waals surface area contributed by atoms with Crippen LogP contribution in [0.25, 0.3) is 11.0 Å². The van der Waals surface area contributed by atoms with Gasteiger partial charge < -0.3 is 5.32 Å². The molecule has 0 aliphatic carbocycles. The molecular weight excluding hydrogens is 296 g/mol. The van der Waals surface area contributed by atoms with Gasteiger partial charge in [-0.2, -0.15) is 15.4 Å². The van der Waals surface area contributed by atoms with Gasteiger partial charge in [0.1, 0.15) is 11.0 Å². The van der Waals surface area contributed by atoms with Crippen molar-refractivity contribution in [1.82, 2.24) is 20.7 Å². The zero-order valence-electron chi connectivity index (χ0n) is 10.6. The van der Waals surface area contributed by atoms with E-state index in [1.807, 2.05) is 19.1 Å². The summed E-state index contributed by atoms with van der Waals surface area (Å²) in [4.78, 5) is 13.2. The number of amides is 1. The number of rotatable bonds is 3. The summed E-state index contributed by atoms with van der Waals surface area (Å²) in [6, 6.07) is 8.86. The number of H-pyrrole nitrogens is 1. The number of aromatic amines is 1. The van der Waals surface area contributed by atoms with E-state index in [1.54, 1.807) is 18.2 Å². The average molecular weight is 307 g/mol. The summed E-state index contributed by atoms with van der Waals surface area (Å²) < 4.78 is 0.713. The number of thiophene rings is 1. The SMILES string of the molecule is CC(NC(=O)c1ccc2n[nH]nc2c1)c1ccc(Cl)s1. The third-order valence-corrected chi connectivity index (χ3v) is 4.36. The molecule has 1 amide bonds. The van der Waals surface area contributed by atoms with E-state index in [-0.39, 0.29) is 11.9 Å². The van der Waals surface area contributed by atoms with Gasteiger partial charge in [-0.25, -0.2) is 0 Å².